The maximum absolute atomic E-state index is 13.5. The minimum absolute atomic E-state index is 0.120. The number of benzene rings is 2. The van der Waals surface area contributed by atoms with Crippen molar-refractivity contribution in [2.24, 2.45) is 10.9 Å². The lowest BCUT2D eigenvalue weighted by molar-refractivity contribution is -0.176. The number of nitrogens with zero attached hydrogens (tertiary/aromatic N) is 3. The van der Waals surface area contributed by atoms with Crippen molar-refractivity contribution in [3.8, 4) is 0 Å². The average Bonchev–Trinajstić information content (AvgIpc) is 2.98. The van der Waals surface area contributed by atoms with Crippen molar-refractivity contribution in [3.05, 3.63) is 78.3 Å². The number of imide groups is 1. The van der Waals surface area contributed by atoms with Crippen molar-refractivity contribution in [2.45, 2.75) is 12.8 Å². The molecule has 0 aromatic heterocycles. The lowest BCUT2D eigenvalue weighted by Crippen LogP contribution is -2.64. The monoisotopic (exact) mass is 397 g/mol. The first-order valence-electron chi connectivity index (χ1n) is 8.64. The summed E-state index contributed by atoms with van der Waals surface area (Å²) in [6.45, 7) is 5.01. The highest BCUT2D eigenvalue weighted by Crippen LogP contribution is 2.31. The van der Waals surface area contributed by atoms with E-state index in [1.807, 2.05) is 0 Å². The fraction of sp³-hybridized carbons (Fsp3) is 0.150. The van der Waals surface area contributed by atoms with Crippen molar-refractivity contribution in [3.63, 3.8) is 0 Å². The van der Waals surface area contributed by atoms with Crippen LogP contribution in [0.25, 0.3) is 0 Å². The molecule has 0 bridgehead atoms. The molecule has 1 aliphatic rings. The SMILES string of the molecule is C=CN=C(Nc1cccc(F)c1)N(C)C(C)(ON)N1C(=O)c2ccccc2C1=O. The van der Waals surface area contributed by atoms with Crippen LogP contribution in [0.4, 0.5) is 10.1 Å². The fourth-order valence-corrected chi connectivity index (χ4v) is 3.03. The zero-order chi connectivity index (χ0) is 21.2. The van der Waals surface area contributed by atoms with Crippen molar-refractivity contribution in [2.75, 3.05) is 12.4 Å². The molecule has 0 saturated heterocycles. The Morgan fingerprint density at radius 2 is 1.86 bits per heavy atom. The zero-order valence-corrected chi connectivity index (χ0v) is 15.9. The van der Waals surface area contributed by atoms with E-state index in [0.29, 0.717) is 5.69 Å². The minimum atomic E-state index is -1.74. The second-order valence-electron chi connectivity index (χ2n) is 6.37. The van der Waals surface area contributed by atoms with E-state index < -0.39 is 23.5 Å². The molecular weight excluding hydrogens is 377 g/mol. The van der Waals surface area contributed by atoms with Gasteiger partial charge in [0, 0.05) is 25.9 Å². The van der Waals surface area contributed by atoms with Gasteiger partial charge in [0.25, 0.3) is 11.8 Å². The molecular formula is C20H20FN5O3. The molecule has 2 aromatic rings. The van der Waals surface area contributed by atoms with Crippen LogP contribution in [0.15, 0.2) is 66.3 Å². The predicted octanol–water partition coefficient (Wildman–Crippen LogP) is 2.53. The van der Waals surface area contributed by atoms with E-state index in [2.05, 4.69) is 16.9 Å². The Labute approximate surface area is 167 Å². The van der Waals surface area contributed by atoms with Gasteiger partial charge in [-0.1, -0.05) is 24.8 Å². The van der Waals surface area contributed by atoms with Gasteiger partial charge in [-0.3, -0.25) is 19.3 Å². The Morgan fingerprint density at radius 1 is 1.24 bits per heavy atom. The highest BCUT2D eigenvalue weighted by atomic mass is 19.1. The molecule has 9 heteroatoms. The number of amides is 2. The lowest BCUT2D eigenvalue weighted by atomic mass is 10.1. The summed E-state index contributed by atoms with van der Waals surface area (Å²) in [6.07, 6.45) is 1.25. The highest BCUT2D eigenvalue weighted by Gasteiger charge is 2.50. The average molecular weight is 397 g/mol. The van der Waals surface area contributed by atoms with Crippen molar-refractivity contribution >= 4 is 23.5 Å². The van der Waals surface area contributed by atoms with Crippen LogP contribution in [-0.2, 0) is 4.84 Å². The van der Waals surface area contributed by atoms with E-state index in [1.54, 1.807) is 30.3 Å². The zero-order valence-electron chi connectivity index (χ0n) is 15.9. The van der Waals surface area contributed by atoms with E-state index in [1.165, 1.54) is 43.3 Å². The third kappa shape index (κ3) is 3.48. The second-order valence-corrected chi connectivity index (χ2v) is 6.37. The summed E-state index contributed by atoms with van der Waals surface area (Å²) in [4.78, 5) is 37.3. The number of carbonyl (C=O) groups is 2. The number of aliphatic imine (C=N–C) groups is 1. The van der Waals surface area contributed by atoms with Gasteiger partial charge in [0.2, 0.25) is 11.8 Å². The predicted molar refractivity (Wildman–Crippen MR) is 106 cm³/mol. The van der Waals surface area contributed by atoms with Crippen molar-refractivity contribution in [1.82, 2.24) is 9.80 Å². The number of nitrogens with two attached hydrogens (primary N) is 1. The van der Waals surface area contributed by atoms with E-state index in [9.17, 15) is 14.0 Å². The fourth-order valence-electron chi connectivity index (χ4n) is 3.03. The normalized spacial score (nSPS) is 15.7. The second kappa shape index (κ2) is 7.82. The van der Waals surface area contributed by atoms with Crippen LogP contribution in [0.3, 0.4) is 0 Å². The van der Waals surface area contributed by atoms with Gasteiger partial charge in [-0.25, -0.2) is 20.2 Å². The first-order valence-corrected chi connectivity index (χ1v) is 8.64. The van der Waals surface area contributed by atoms with Crippen LogP contribution >= 0.6 is 0 Å². The van der Waals surface area contributed by atoms with Gasteiger partial charge < -0.3 is 5.32 Å². The van der Waals surface area contributed by atoms with Crippen LogP contribution in [0.5, 0.6) is 0 Å². The largest absolute Gasteiger partial charge is 0.326 e. The Kier molecular flexibility index (Phi) is 5.44. The van der Waals surface area contributed by atoms with Crippen molar-refractivity contribution < 1.29 is 18.8 Å². The number of carbonyl (C=O) groups excluding carboxylic acids is 2. The molecule has 1 atom stereocenters. The number of anilines is 1. The number of guanidine groups is 1. The number of fused-ring (bicyclic) bond motifs is 1. The van der Waals surface area contributed by atoms with Crippen LogP contribution in [0, 0.1) is 5.82 Å². The Hall–Kier alpha value is -3.56. The standard InChI is InChI=1S/C20H20FN5O3/c1-4-23-19(24-14-9-7-8-13(21)12-14)25(3)20(2,29-22)26-17(27)15-10-5-6-11-16(15)18(26)28/h4-12H,1,22H2,2-3H3,(H,23,24). The molecule has 1 unspecified atom stereocenters. The highest BCUT2D eigenvalue weighted by molar-refractivity contribution is 6.21. The Balaban J connectivity index is 1.98. The van der Waals surface area contributed by atoms with Crippen LogP contribution in [0.2, 0.25) is 0 Å². The van der Waals surface area contributed by atoms with Gasteiger partial charge >= 0.3 is 0 Å². The number of rotatable bonds is 5. The maximum Gasteiger partial charge on any atom is 0.265 e. The molecule has 29 heavy (non-hydrogen) atoms. The summed E-state index contributed by atoms with van der Waals surface area (Å²) < 4.78 is 13.5. The summed E-state index contributed by atoms with van der Waals surface area (Å²) in [5, 5.41) is 2.91. The number of hydrogen-bond acceptors (Lipinski definition) is 5. The molecule has 150 valence electrons. The molecule has 0 spiro atoms. The molecule has 0 aliphatic carbocycles. The van der Waals surface area contributed by atoms with Gasteiger partial charge in [-0.05, 0) is 30.3 Å². The van der Waals surface area contributed by atoms with E-state index in [-0.39, 0.29) is 17.1 Å². The molecule has 1 heterocycles. The van der Waals surface area contributed by atoms with Gasteiger partial charge in [-0.15, -0.1) is 0 Å². The molecule has 1 aliphatic heterocycles. The number of hydrogen-bond donors (Lipinski definition) is 2. The molecule has 2 aromatic carbocycles. The summed E-state index contributed by atoms with van der Waals surface area (Å²) in [6, 6.07) is 12.1. The molecule has 3 rings (SSSR count). The maximum atomic E-state index is 13.5. The van der Waals surface area contributed by atoms with Gasteiger partial charge in [0.05, 0.1) is 11.1 Å². The van der Waals surface area contributed by atoms with Crippen LogP contribution in [0.1, 0.15) is 27.6 Å². The van der Waals surface area contributed by atoms with Crippen molar-refractivity contribution in [1.29, 1.82) is 0 Å². The minimum Gasteiger partial charge on any atom is -0.326 e. The first-order chi connectivity index (χ1) is 13.8. The molecule has 2 amide bonds. The van der Waals surface area contributed by atoms with Crippen LogP contribution < -0.4 is 11.2 Å². The van der Waals surface area contributed by atoms with Gasteiger partial charge in [0.15, 0.2) is 0 Å². The summed E-state index contributed by atoms with van der Waals surface area (Å²) in [5.41, 5.74) is 0.878. The van der Waals surface area contributed by atoms with Gasteiger partial charge in [-0.2, -0.15) is 0 Å². The van der Waals surface area contributed by atoms with E-state index >= 15 is 0 Å². The quantitative estimate of drug-likeness (QED) is 0.264. The Bertz CT molecular complexity index is 974. The third-order valence-corrected chi connectivity index (χ3v) is 4.67. The van der Waals surface area contributed by atoms with Gasteiger partial charge in [0.1, 0.15) is 5.82 Å². The third-order valence-electron chi connectivity index (χ3n) is 4.67. The lowest BCUT2D eigenvalue weighted by Gasteiger charge is -2.42. The topological polar surface area (TPSA) is 100 Å². The Morgan fingerprint density at radius 3 is 2.38 bits per heavy atom. The van der Waals surface area contributed by atoms with E-state index in [0.717, 1.165) is 4.90 Å². The summed E-state index contributed by atoms with van der Waals surface area (Å²) >= 11 is 0. The molecule has 3 N–H and O–H groups in total. The first kappa shape index (κ1) is 20.2. The number of halogens is 1. The van der Waals surface area contributed by atoms with E-state index in [4.69, 9.17) is 10.7 Å². The smallest absolute Gasteiger partial charge is 0.265 e. The van der Waals surface area contributed by atoms with Crippen LogP contribution in [-0.4, -0.2) is 40.5 Å². The molecule has 0 radical (unpaired) electrons. The number of nitrogens with one attached hydrogen (secondary N) is 1. The molecule has 0 fully saturated rings. The summed E-state index contributed by atoms with van der Waals surface area (Å²) in [5.74, 6) is 2.35. The summed E-state index contributed by atoms with van der Waals surface area (Å²) in [7, 11) is 1.52. The molecule has 0 saturated carbocycles. The molecule has 8 nitrogen and oxygen atoms in total.